The highest BCUT2D eigenvalue weighted by molar-refractivity contribution is 5.99. The molecule has 1 saturated heterocycles. The summed E-state index contributed by atoms with van der Waals surface area (Å²) in [7, 11) is 3.53. The molecule has 10 heteroatoms. The summed E-state index contributed by atoms with van der Waals surface area (Å²) in [5.41, 5.74) is 4.88. The average molecular weight is 476 g/mol. The predicted molar refractivity (Wildman–Crippen MR) is 130 cm³/mol. The number of anilines is 1. The molecule has 2 saturated carbocycles. The first-order valence-corrected chi connectivity index (χ1v) is 12.3. The van der Waals surface area contributed by atoms with Crippen LogP contribution in [0.3, 0.4) is 0 Å². The highest BCUT2D eigenvalue weighted by atomic mass is 16.7. The van der Waals surface area contributed by atoms with Crippen molar-refractivity contribution in [3.63, 3.8) is 0 Å². The third kappa shape index (κ3) is 3.54. The fourth-order valence-electron chi connectivity index (χ4n) is 5.43. The molecule has 3 aromatic heterocycles. The van der Waals surface area contributed by atoms with E-state index in [-0.39, 0.29) is 6.04 Å². The summed E-state index contributed by atoms with van der Waals surface area (Å²) in [5.74, 6) is 0.711. The summed E-state index contributed by atoms with van der Waals surface area (Å²) < 4.78 is 19.9. The van der Waals surface area contributed by atoms with Gasteiger partial charge in [-0.15, -0.1) is 5.10 Å². The molecule has 182 valence electrons. The lowest BCUT2D eigenvalue weighted by atomic mass is 9.89. The lowest BCUT2D eigenvalue weighted by Crippen LogP contribution is -2.48. The Bertz CT molecular complexity index is 1400. The van der Waals surface area contributed by atoms with E-state index in [0.717, 1.165) is 72.1 Å². The number of nitrogens with one attached hydrogen (secondary N) is 2. The van der Waals surface area contributed by atoms with Crippen LogP contribution in [-0.2, 0) is 16.5 Å². The molecule has 2 spiro atoms. The zero-order chi connectivity index (χ0) is 23.6. The topological polar surface area (TPSA) is 112 Å². The summed E-state index contributed by atoms with van der Waals surface area (Å²) in [4.78, 5) is 12.8. The van der Waals surface area contributed by atoms with Gasteiger partial charge in [0.05, 0.1) is 31.2 Å². The van der Waals surface area contributed by atoms with Crippen molar-refractivity contribution in [1.82, 2.24) is 29.9 Å². The second-order valence-electron chi connectivity index (χ2n) is 10.3. The first-order chi connectivity index (χ1) is 17.1. The van der Waals surface area contributed by atoms with Crippen LogP contribution in [0.2, 0.25) is 0 Å². The number of ether oxygens (including phenoxy) is 3. The Morgan fingerprint density at radius 3 is 2.66 bits per heavy atom. The number of aromatic nitrogens is 6. The van der Waals surface area contributed by atoms with E-state index in [0.29, 0.717) is 17.2 Å². The highest BCUT2D eigenvalue weighted by Gasteiger charge is 2.52. The second-order valence-corrected chi connectivity index (χ2v) is 10.3. The second kappa shape index (κ2) is 7.63. The van der Waals surface area contributed by atoms with E-state index in [2.05, 4.69) is 26.7 Å². The van der Waals surface area contributed by atoms with E-state index in [4.69, 9.17) is 24.2 Å². The molecule has 0 radical (unpaired) electrons. The molecule has 1 aliphatic heterocycles. The maximum absolute atomic E-state index is 6.24. The Morgan fingerprint density at radius 1 is 1.11 bits per heavy atom. The summed E-state index contributed by atoms with van der Waals surface area (Å²) in [6.45, 7) is 1.70. The van der Waals surface area contributed by atoms with Crippen LogP contribution in [0.5, 0.6) is 5.88 Å². The largest absolute Gasteiger partial charge is 0.480 e. The van der Waals surface area contributed by atoms with E-state index in [9.17, 15) is 0 Å². The van der Waals surface area contributed by atoms with Crippen molar-refractivity contribution < 1.29 is 14.2 Å². The summed E-state index contributed by atoms with van der Waals surface area (Å²) >= 11 is 0. The smallest absolute Gasteiger partial charge is 0.228 e. The number of benzene rings is 1. The predicted octanol–water partition coefficient (Wildman–Crippen LogP) is 3.79. The van der Waals surface area contributed by atoms with Crippen LogP contribution in [0.25, 0.3) is 33.2 Å². The molecule has 0 bridgehead atoms. The number of hydrogen-bond donors (Lipinski definition) is 2. The minimum absolute atomic E-state index is 0.265. The zero-order valence-electron chi connectivity index (χ0n) is 20.0. The van der Waals surface area contributed by atoms with Gasteiger partial charge in [0.2, 0.25) is 11.8 Å². The number of aromatic amines is 1. The molecule has 0 atom stereocenters. The van der Waals surface area contributed by atoms with Gasteiger partial charge in [-0.25, -0.2) is 4.68 Å². The average Bonchev–Trinajstić information content (AvgIpc) is 3.35. The number of H-pyrrole nitrogens is 1. The first-order valence-electron chi connectivity index (χ1n) is 12.3. The molecule has 0 amide bonds. The minimum atomic E-state index is -0.395. The molecule has 0 unspecified atom stereocenters. The van der Waals surface area contributed by atoms with Gasteiger partial charge in [-0.1, -0.05) is 11.3 Å². The SMILES string of the molecule is COc1nc(NC2CCC3(CC2)OCC2(CC2)CO3)nc2[nH]cc(-c3ccc4nnn(C)c4c3)c12. The fourth-order valence-corrected chi connectivity index (χ4v) is 5.43. The molecular weight excluding hydrogens is 446 g/mol. The van der Waals surface area contributed by atoms with Gasteiger partial charge in [0.15, 0.2) is 5.79 Å². The molecule has 3 aliphatic rings. The maximum atomic E-state index is 6.24. The van der Waals surface area contributed by atoms with Gasteiger partial charge in [0.25, 0.3) is 0 Å². The number of nitrogens with zero attached hydrogens (tertiary/aromatic N) is 5. The number of aryl methyl sites for hydroxylation is 1. The van der Waals surface area contributed by atoms with Crippen molar-refractivity contribution in [2.75, 3.05) is 25.6 Å². The van der Waals surface area contributed by atoms with Gasteiger partial charge in [0, 0.05) is 43.1 Å². The molecule has 35 heavy (non-hydrogen) atoms. The monoisotopic (exact) mass is 475 g/mol. The van der Waals surface area contributed by atoms with E-state index in [1.165, 1.54) is 12.8 Å². The van der Waals surface area contributed by atoms with Crippen LogP contribution in [0, 0.1) is 5.41 Å². The van der Waals surface area contributed by atoms with E-state index in [1.807, 2.05) is 25.4 Å². The standard InChI is InChI=1S/C25H29N7O3/c1-32-19-11-15(3-4-18(19)30-31-32)17-12-26-21-20(17)22(33-2)29-23(28-21)27-16-5-7-25(8-6-16)34-13-24(9-10-24)14-35-25/h3-4,11-12,16H,5-10,13-14H2,1-2H3,(H2,26,27,28,29). The summed E-state index contributed by atoms with van der Waals surface area (Å²) in [5, 5.41) is 12.7. The quantitative estimate of drug-likeness (QED) is 0.459. The van der Waals surface area contributed by atoms with E-state index in [1.54, 1.807) is 11.8 Å². The van der Waals surface area contributed by atoms with Crippen molar-refractivity contribution in [3.05, 3.63) is 24.4 Å². The maximum Gasteiger partial charge on any atom is 0.228 e. The Morgan fingerprint density at radius 2 is 1.91 bits per heavy atom. The Kier molecular flexibility index (Phi) is 4.59. The lowest BCUT2D eigenvalue weighted by molar-refractivity contribution is -0.300. The van der Waals surface area contributed by atoms with Crippen molar-refractivity contribution in [1.29, 1.82) is 0 Å². The molecule has 3 fully saturated rings. The molecule has 4 heterocycles. The fraction of sp³-hybridized carbons (Fsp3) is 0.520. The van der Waals surface area contributed by atoms with Crippen LogP contribution < -0.4 is 10.1 Å². The van der Waals surface area contributed by atoms with E-state index >= 15 is 0 Å². The van der Waals surface area contributed by atoms with Gasteiger partial charge in [-0.3, -0.25) is 0 Å². The third-order valence-corrected chi connectivity index (χ3v) is 7.93. The molecule has 10 nitrogen and oxygen atoms in total. The van der Waals surface area contributed by atoms with Crippen LogP contribution >= 0.6 is 0 Å². The van der Waals surface area contributed by atoms with Gasteiger partial charge in [-0.05, 0) is 43.4 Å². The van der Waals surface area contributed by atoms with Crippen LogP contribution in [-0.4, -0.2) is 62.1 Å². The van der Waals surface area contributed by atoms with Crippen LogP contribution in [0.1, 0.15) is 38.5 Å². The van der Waals surface area contributed by atoms with Gasteiger partial charge < -0.3 is 24.5 Å². The van der Waals surface area contributed by atoms with E-state index < -0.39 is 5.79 Å². The molecule has 7 rings (SSSR count). The number of hydrogen-bond acceptors (Lipinski definition) is 8. The molecule has 2 aliphatic carbocycles. The Balaban J connectivity index is 1.12. The molecule has 1 aromatic carbocycles. The molecular formula is C25H29N7O3. The summed E-state index contributed by atoms with van der Waals surface area (Å²) in [6.07, 6.45) is 8.10. The highest BCUT2D eigenvalue weighted by Crippen LogP contribution is 2.52. The minimum Gasteiger partial charge on any atom is -0.480 e. The van der Waals surface area contributed by atoms with Crippen molar-refractivity contribution in [3.8, 4) is 17.0 Å². The summed E-state index contributed by atoms with van der Waals surface area (Å²) in [6, 6.07) is 6.34. The third-order valence-electron chi connectivity index (χ3n) is 7.93. The van der Waals surface area contributed by atoms with Crippen molar-refractivity contribution in [2.45, 2.75) is 50.4 Å². The number of rotatable bonds is 4. The number of methoxy groups -OCH3 is 1. The van der Waals surface area contributed by atoms with Gasteiger partial charge in [-0.2, -0.15) is 9.97 Å². The van der Waals surface area contributed by atoms with Gasteiger partial charge >= 0.3 is 0 Å². The Labute approximate surface area is 202 Å². The normalized spacial score (nSPS) is 21.2. The van der Waals surface area contributed by atoms with Crippen molar-refractivity contribution in [2.24, 2.45) is 12.5 Å². The van der Waals surface area contributed by atoms with Crippen LogP contribution in [0.4, 0.5) is 5.95 Å². The first kappa shape index (κ1) is 21.1. The molecule has 2 N–H and O–H groups in total. The van der Waals surface area contributed by atoms with Crippen LogP contribution in [0.15, 0.2) is 24.4 Å². The molecule has 4 aromatic rings. The zero-order valence-corrected chi connectivity index (χ0v) is 20.0. The Hall–Kier alpha value is -3.24. The lowest BCUT2D eigenvalue weighted by Gasteiger charge is -2.44. The van der Waals surface area contributed by atoms with Gasteiger partial charge in [0.1, 0.15) is 11.2 Å². The van der Waals surface area contributed by atoms with Crippen molar-refractivity contribution >= 4 is 28.0 Å². The number of fused-ring (bicyclic) bond motifs is 2.